The van der Waals surface area contributed by atoms with Gasteiger partial charge in [-0.3, -0.25) is 19.6 Å². The normalized spacial score (nSPS) is 20.1. The highest BCUT2D eigenvalue weighted by Gasteiger charge is 2.54. The fourth-order valence-corrected chi connectivity index (χ4v) is 6.26. The summed E-state index contributed by atoms with van der Waals surface area (Å²) in [4.78, 5) is 56.9. The number of fused-ring (bicyclic) bond motifs is 1. The molecule has 35 heavy (non-hydrogen) atoms. The van der Waals surface area contributed by atoms with Gasteiger partial charge in [-0.15, -0.1) is 11.8 Å². The fourth-order valence-electron chi connectivity index (χ4n) is 3.26. The van der Waals surface area contributed by atoms with Crippen molar-refractivity contribution in [1.29, 1.82) is 0 Å². The molecule has 1 saturated heterocycles. The molecule has 1 fully saturated rings. The number of rotatable bonds is 10. The second-order valence-electron chi connectivity index (χ2n) is 8.44. The Labute approximate surface area is 220 Å². The van der Waals surface area contributed by atoms with Crippen molar-refractivity contribution in [1.82, 2.24) is 20.4 Å². The van der Waals surface area contributed by atoms with Crippen LogP contribution in [-0.4, -0.2) is 87.7 Å². The largest absolute Gasteiger partial charge is 0.515 e. The van der Waals surface area contributed by atoms with Gasteiger partial charge in [-0.25, -0.2) is 9.59 Å². The summed E-state index contributed by atoms with van der Waals surface area (Å²) in [6.07, 6.45) is 1.42. The Balaban J connectivity index is 1.75. The van der Waals surface area contributed by atoms with E-state index in [1.165, 1.54) is 28.9 Å². The highest BCUT2D eigenvalue weighted by molar-refractivity contribution is 14.1. The van der Waals surface area contributed by atoms with E-state index in [1.807, 2.05) is 19.6 Å². The number of H-pyrrole nitrogens is 1. The molecular weight excluding hydrogens is 609 g/mol. The monoisotopic (exact) mass is 635 g/mol. The van der Waals surface area contributed by atoms with E-state index in [0.29, 0.717) is 10.2 Å². The van der Waals surface area contributed by atoms with Gasteiger partial charge in [0.2, 0.25) is 14.9 Å². The lowest BCUT2D eigenvalue weighted by atomic mass is 10.0. The van der Waals surface area contributed by atoms with Gasteiger partial charge in [-0.2, -0.15) is 5.10 Å². The molecule has 2 N–H and O–H groups in total. The van der Waals surface area contributed by atoms with Gasteiger partial charge in [0.15, 0.2) is 5.71 Å². The molecule has 1 unspecified atom stereocenters. The Kier molecular flexibility index (Phi) is 8.98. The van der Waals surface area contributed by atoms with Crippen LogP contribution in [0.5, 0.6) is 0 Å². The van der Waals surface area contributed by atoms with E-state index in [9.17, 15) is 19.2 Å². The summed E-state index contributed by atoms with van der Waals surface area (Å²) < 4.78 is 11.0. The van der Waals surface area contributed by atoms with Crippen LogP contribution in [0.25, 0.3) is 0 Å². The van der Waals surface area contributed by atoms with Crippen molar-refractivity contribution >= 4 is 72.1 Å². The molecule has 15 heteroatoms. The molecule has 1 aromatic heterocycles. The molecule has 2 atom stereocenters. The first-order valence-corrected chi connectivity index (χ1v) is 16.7. The number of hydrogen-bond donors (Lipinski definition) is 2. The number of oxime groups is 1. The Morgan fingerprint density at radius 1 is 1.37 bits per heavy atom. The number of alkyl halides is 1. The summed E-state index contributed by atoms with van der Waals surface area (Å²) in [5, 5.41) is 12.4. The smallest absolute Gasteiger partial charge is 0.347 e. The Morgan fingerprint density at radius 2 is 2.11 bits per heavy atom. The van der Waals surface area contributed by atoms with E-state index in [1.54, 1.807) is 6.92 Å². The molecule has 2 amide bonds. The van der Waals surface area contributed by atoms with E-state index in [0.717, 1.165) is 5.57 Å². The average molecular weight is 636 g/mol. The van der Waals surface area contributed by atoms with E-state index < -0.39 is 50.1 Å². The van der Waals surface area contributed by atoms with Crippen molar-refractivity contribution in [2.45, 2.75) is 38.0 Å². The predicted molar refractivity (Wildman–Crippen MR) is 138 cm³/mol. The zero-order valence-corrected chi connectivity index (χ0v) is 23.6. The number of carbonyl (C=O) groups excluding carboxylic acids is 4. The first-order valence-electron chi connectivity index (χ1n) is 10.7. The lowest BCUT2D eigenvalue weighted by Crippen LogP contribution is -2.71. The van der Waals surface area contributed by atoms with Gasteiger partial charge < -0.3 is 19.3 Å². The van der Waals surface area contributed by atoms with Crippen LogP contribution in [0.4, 0.5) is 0 Å². The van der Waals surface area contributed by atoms with Crippen LogP contribution in [0.15, 0.2) is 28.7 Å². The number of amides is 2. The summed E-state index contributed by atoms with van der Waals surface area (Å²) >= 11 is 3.61. The quantitative estimate of drug-likeness (QED) is 0.0734. The number of hydrogen-bond acceptors (Lipinski definition) is 10. The first kappa shape index (κ1) is 27.2. The molecule has 0 radical (unpaired) electrons. The number of β-lactam (4-membered cyclic amide) rings is 1. The van der Waals surface area contributed by atoms with Gasteiger partial charge in [0.25, 0.3) is 11.8 Å². The molecule has 2 aliphatic rings. The Bertz CT molecular complexity index is 1060. The molecule has 3 heterocycles. The minimum absolute atomic E-state index is 0.181. The van der Waals surface area contributed by atoms with Crippen molar-refractivity contribution in [3.8, 4) is 0 Å². The van der Waals surface area contributed by atoms with Gasteiger partial charge >= 0.3 is 11.9 Å². The molecule has 0 spiro atoms. The summed E-state index contributed by atoms with van der Waals surface area (Å²) in [5.74, 6) is -1.74. The maximum absolute atomic E-state index is 13.1. The molecular formula is C20H26IN5O7SSi. The molecule has 0 bridgehead atoms. The zero-order valence-electron chi connectivity index (χ0n) is 19.6. The van der Waals surface area contributed by atoms with Gasteiger partial charge in [0, 0.05) is 16.4 Å². The topological polar surface area (TPSA) is 152 Å². The maximum atomic E-state index is 13.1. The third-order valence-corrected chi connectivity index (χ3v) is 7.76. The van der Waals surface area contributed by atoms with Crippen molar-refractivity contribution in [2.75, 3.05) is 23.4 Å². The minimum Gasteiger partial charge on any atom is -0.515 e. The van der Waals surface area contributed by atoms with Crippen LogP contribution in [0.2, 0.25) is 19.6 Å². The molecule has 0 saturated carbocycles. The van der Waals surface area contributed by atoms with Crippen LogP contribution in [0.3, 0.4) is 0 Å². The third-order valence-electron chi connectivity index (χ3n) is 4.70. The second-order valence-corrected chi connectivity index (χ2v) is 14.7. The van der Waals surface area contributed by atoms with Crippen molar-refractivity contribution in [2.24, 2.45) is 5.16 Å². The van der Waals surface area contributed by atoms with Gasteiger partial charge in [-0.1, -0.05) is 27.7 Å². The van der Waals surface area contributed by atoms with E-state index in [4.69, 9.17) is 14.0 Å². The van der Waals surface area contributed by atoms with Crippen molar-refractivity contribution < 1.29 is 33.2 Å². The fraction of sp³-hybridized carbons (Fsp3) is 0.500. The number of carbonyl (C=O) groups is 4. The number of nitrogens with zero attached hydrogens (tertiary/aromatic N) is 3. The lowest BCUT2D eigenvalue weighted by molar-refractivity contribution is -0.149. The molecule has 1 aromatic rings. The number of thioether (sulfide) groups is 1. The lowest BCUT2D eigenvalue weighted by Gasteiger charge is -2.49. The highest BCUT2D eigenvalue weighted by atomic mass is 127. The predicted octanol–water partition coefficient (Wildman–Crippen LogP) is 1.16. The number of halogens is 1. The van der Waals surface area contributed by atoms with Crippen LogP contribution >= 0.6 is 34.4 Å². The van der Waals surface area contributed by atoms with E-state index in [2.05, 4.69) is 43.3 Å². The maximum Gasteiger partial charge on any atom is 0.347 e. The van der Waals surface area contributed by atoms with Crippen molar-refractivity contribution in [3.05, 3.63) is 29.2 Å². The number of aromatic nitrogens is 2. The number of ether oxygens (including phenoxy) is 1. The Hall–Kier alpha value is -2.40. The highest BCUT2D eigenvalue weighted by Crippen LogP contribution is 2.41. The second kappa shape index (κ2) is 11.6. The third kappa shape index (κ3) is 6.43. The van der Waals surface area contributed by atoms with Crippen LogP contribution in [0, 0.1) is 0 Å². The molecule has 3 rings (SSSR count). The molecule has 190 valence electrons. The SMILES string of the molecule is CCOC(=O)CO/N=C(/C(=O)NC1C(=O)N2C(C(=O)O[Si](C)(C)C)=C(CI)CS[C@H]12)c1ccn[nH]1. The number of aromatic amines is 1. The molecule has 0 aliphatic carbocycles. The Morgan fingerprint density at radius 3 is 2.71 bits per heavy atom. The van der Waals surface area contributed by atoms with Gasteiger partial charge in [-0.05, 0) is 38.2 Å². The van der Waals surface area contributed by atoms with E-state index >= 15 is 0 Å². The molecule has 2 aliphatic heterocycles. The summed E-state index contributed by atoms with van der Waals surface area (Å²) in [6, 6.07) is 0.618. The zero-order chi connectivity index (χ0) is 25.8. The van der Waals surface area contributed by atoms with Crippen LogP contribution in [-0.2, 0) is 33.2 Å². The van der Waals surface area contributed by atoms with Gasteiger partial charge in [0.05, 0.1) is 12.3 Å². The van der Waals surface area contributed by atoms with Crippen LogP contribution < -0.4 is 5.32 Å². The molecule has 12 nitrogen and oxygen atoms in total. The first-order chi connectivity index (χ1) is 16.6. The van der Waals surface area contributed by atoms with Gasteiger partial charge in [0.1, 0.15) is 17.1 Å². The van der Waals surface area contributed by atoms with Crippen LogP contribution in [0.1, 0.15) is 12.6 Å². The molecule has 0 aromatic carbocycles. The number of nitrogens with one attached hydrogen (secondary N) is 2. The average Bonchev–Trinajstić information content (AvgIpc) is 3.32. The minimum atomic E-state index is -2.18. The summed E-state index contributed by atoms with van der Waals surface area (Å²) in [6.45, 7) is 7.03. The summed E-state index contributed by atoms with van der Waals surface area (Å²) in [7, 11) is -2.18. The van der Waals surface area contributed by atoms with Crippen molar-refractivity contribution in [3.63, 3.8) is 0 Å². The number of esters is 1. The van der Waals surface area contributed by atoms with E-state index in [-0.39, 0.29) is 23.7 Å². The summed E-state index contributed by atoms with van der Waals surface area (Å²) in [5.41, 5.74) is 1.13. The standard InChI is InChI=1S/C20H26IN5O7SSi/c1-5-31-13(27)9-32-25-14(12-6-7-22-24-12)17(28)23-15-18(29)26-16(20(30)33-35(2,3)4)11(8-21)10-34-19(15)26/h6-7,15,19H,5,8-10H2,1-4H3,(H,22,24)(H,23,28)/b25-14+/t15?,19-/m1/s1.